The highest BCUT2D eigenvalue weighted by molar-refractivity contribution is 5.94. The molecule has 25 heavy (non-hydrogen) atoms. The van der Waals surface area contributed by atoms with Crippen molar-refractivity contribution in [3.63, 3.8) is 0 Å². The summed E-state index contributed by atoms with van der Waals surface area (Å²) < 4.78 is 0. The van der Waals surface area contributed by atoms with E-state index >= 15 is 0 Å². The fourth-order valence-electron chi connectivity index (χ4n) is 3.73. The molecule has 5 nitrogen and oxygen atoms in total. The first kappa shape index (κ1) is 17.9. The number of benzene rings is 1. The third-order valence-electron chi connectivity index (χ3n) is 5.21. The Morgan fingerprint density at radius 1 is 0.880 bits per heavy atom. The summed E-state index contributed by atoms with van der Waals surface area (Å²) >= 11 is 0. The van der Waals surface area contributed by atoms with E-state index in [-0.39, 0.29) is 11.8 Å². The van der Waals surface area contributed by atoms with Gasteiger partial charge in [0.15, 0.2) is 0 Å². The van der Waals surface area contributed by atoms with Crippen LogP contribution in [0.1, 0.15) is 41.6 Å². The zero-order chi connectivity index (χ0) is 17.6. The lowest BCUT2D eigenvalue weighted by Gasteiger charge is -2.29. The van der Waals surface area contributed by atoms with Crippen LogP contribution in [-0.4, -0.2) is 72.3 Å². The van der Waals surface area contributed by atoms with E-state index in [0.717, 1.165) is 63.1 Å². The van der Waals surface area contributed by atoms with Crippen LogP contribution in [0.3, 0.4) is 0 Å². The predicted molar refractivity (Wildman–Crippen MR) is 98.6 cm³/mol. The summed E-state index contributed by atoms with van der Waals surface area (Å²) in [5.74, 6) is 0.353. The van der Waals surface area contributed by atoms with Gasteiger partial charge < -0.3 is 9.80 Å². The maximum absolute atomic E-state index is 12.7. The average molecular weight is 343 g/mol. The number of nitrogens with zero attached hydrogens (tertiary/aromatic N) is 3. The SMILES string of the molecule is Cc1cccc(C(=O)N2CCCN(CC(=O)N3CCCCC3)CC2)c1. The van der Waals surface area contributed by atoms with E-state index in [0.29, 0.717) is 13.1 Å². The molecule has 1 aromatic rings. The molecular formula is C20H29N3O2. The van der Waals surface area contributed by atoms with Crippen molar-refractivity contribution in [2.45, 2.75) is 32.6 Å². The maximum atomic E-state index is 12.7. The fraction of sp³-hybridized carbons (Fsp3) is 0.600. The van der Waals surface area contributed by atoms with E-state index in [1.807, 2.05) is 41.0 Å². The Labute approximate surface area is 150 Å². The Balaban J connectivity index is 1.53. The summed E-state index contributed by atoms with van der Waals surface area (Å²) in [4.78, 5) is 31.3. The first-order chi connectivity index (χ1) is 12.1. The predicted octanol–water partition coefficient (Wildman–Crippen LogP) is 2.16. The van der Waals surface area contributed by atoms with Gasteiger partial charge in [0.2, 0.25) is 5.91 Å². The van der Waals surface area contributed by atoms with Gasteiger partial charge in [-0.25, -0.2) is 0 Å². The minimum absolute atomic E-state index is 0.105. The highest BCUT2D eigenvalue weighted by Crippen LogP contribution is 2.13. The average Bonchev–Trinajstić information content (AvgIpc) is 2.87. The van der Waals surface area contributed by atoms with Crippen molar-refractivity contribution in [1.82, 2.24) is 14.7 Å². The molecule has 136 valence electrons. The Bertz CT molecular complexity index is 611. The van der Waals surface area contributed by atoms with Crippen molar-refractivity contribution in [2.24, 2.45) is 0 Å². The molecule has 2 aliphatic rings. The molecule has 0 aromatic heterocycles. The fourth-order valence-corrected chi connectivity index (χ4v) is 3.73. The third-order valence-corrected chi connectivity index (χ3v) is 5.21. The van der Waals surface area contributed by atoms with Crippen molar-refractivity contribution in [3.05, 3.63) is 35.4 Å². The molecule has 1 aromatic carbocycles. The maximum Gasteiger partial charge on any atom is 0.253 e. The zero-order valence-electron chi connectivity index (χ0n) is 15.2. The van der Waals surface area contributed by atoms with Gasteiger partial charge in [0.05, 0.1) is 6.54 Å². The molecule has 0 aliphatic carbocycles. The first-order valence-electron chi connectivity index (χ1n) is 9.49. The molecule has 0 atom stereocenters. The molecule has 0 radical (unpaired) electrons. The van der Waals surface area contributed by atoms with E-state index in [2.05, 4.69) is 4.90 Å². The molecule has 3 rings (SSSR count). The molecule has 2 amide bonds. The number of rotatable bonds is 3. The second kappa shape index (κ2) is 8.48. The van der Waals surface area contributed by atoms with Crippen LogP contribution in [0.2, 0.25) is 0 Å². The molecule has 2 saturated heterocycles. The smallest absolute Gasteiger partial charge is 0.253 e. The second-order valence-electron chi connectivity index (χ2n) is 7.23. The summed E-state index contributed by atoms with van der Waals surface area (Å²) in [5, 5.41) is 0. The molecule has 5 heteroatoms. The van der Waals surface area contributed by atoms with Crippen LogP contribution < -0.4 is 0 Å². The summed E-state index contributed by atoms with van der Waals surface area (Å²) in [7, 11) is 0. The van der Waals surface area contributed by atoms with E-state index in [1.165, 1.54) is 6.42 Å². The lowest BCUT2D eigenvalue weighted by Crippen LogP contribution is -2.44. The number of carbonyl (C=O) groups excluding carboxylic acids is 2. The molecule has 0 saturated carbocycles. The van der Waals surface area contributed by atoms with Gasteiger partial charge in [0.1, 0.15) is 0 Å². The number of amides is 2. The number of aryl methyl sites for hydroxylation is 1. The monoisotopic (exact) mass is 343 g/mol. The Hall–Kier alpha value is -1.88. The Kier molecular flexibility index (Phi) is 6.08. The molecule has 0 N–H and O–H groups in total. The standard InChI is InChI=1S/C20H29N3O2/c1-17-7-5-8-18(15-17)20(25)23-12-6-9-21(13-14-23)16-19(24)22-10-3-2-4-11-22/h5,7-8,15H,2-4,6,9-14,16H2,1H3. The van der Waals surface area contributed by atoms with Gasteiger partial charge >= 0.3 is 0 Å². The highest BCUT2D eigenvalue weighted by atomic mass is 16.2. The number of hydrogen-bond acceptors (Lipinski definition) is 3. The first-order valence-corrected chi connectivity index (χ1v) is 9.49. The van der Waals surface area contributed by atoms with Crippen LogP contribution >= 0.6 is 0 Å². The van der Waals surface area contributed by atoms with E-state index in [1.54, 1.807) is 0 Å². The molecule has 2 fully saturated rings. The van der Waals surface area contributed by atoms with Crippen molar-refractivity contribution >= 4 is 11.8 Å². The second-order valence-corrected chi connectivity index (χ2v) is 7.23. The van der Waals surface area contributed by atoms with Crippen LogP contribution in [0, 0.1) is 6.92 Å². The number of likely N-dealkylation sites (tertiary alicyclic amines) is 1. The van der Waals surface area contributed by atoms with Crippen molar-refractivity contribution in [3.8, 4) is 0 Å². The lowest BCUT2D eigenvalue weighted by atomic mass is 10.1. The van der Waals surface area contributed by atoms with Gasteiger partial charge in [0.25, 0.3) is 5.91 Å². The summed E-state index contributed by atoms with van der Waals surface area (Å²) in [6.07, 6.45) is 4.42. The highest BCUT2D eigenvalue weighted by Gasteiger charge is 2.23. The number of carbonyl (C=O) groups is 2. The van der Waals surface area contributed by atoms with Gasteiger partial charge in [-0.2, -0.15) is 0 Å². The largest absolute Gasteiger partial charge is 0.342 e. The minimum Gasteiger partial charge on any atom is -0.342 e. The topological polar surface area (TPSA) is 43.9 Å². The molecule has 2 aliphatic heterocycles. The molecule has 0 spiro atoms. The molecule has 0 bridgehead atoms. The van der Waals surface area contributed by atoms with E-state index in [4.69, 9.17) is 0 Å². The quantitative estimate of drug-likeness (QED) is 0.845. The number of piperidine rings is 1. The Morgan fingerprint density at radius 3 is 2.40 bits per heavy atom. The van der Waals surface area contributed by atoms with Crippen molar-refractivity contribution in [1.29, 1.82) is 0 Å². The molecule has 2 heterocycles. The van der Waals surface area contributed by atoms with Crippen LogP contribution in [0.15, 0.2) is 24.3 Å². The number of hydrogen-bond donors (Lipinski definition) is 0. The third kappa shape index (κ3) is 4.82. The van der Waals surface area contributed by atoms with Gasteiger partial charge in [-0.15, -0.1) is 0 Å². The van der Waals surface area contributed by atoms with E-state index in [9.17, 15) is 9.59 Å². The van der Waals surface area contributed by atoms with Crippen molar-refractivity contribution in [2.75, 3.05) is 45.8 Å². The minimum atomic E-state index is 0.105. The van der Waals surface area contributed by atoms with Crippen LogP contribution in [-0.2, 0) is 4.79 Å². The summed E-state index contributed by atoms with van der Waals surface area (Å²) in [5.41, 5.74) is 1.87. The van der Waals surface area contributed by atoms with Gasteiger partial charge in [0, 0.05) is 44.8 Å². The van der Waals surface area contributed by atoms with Crippen LogP contribution in [0.5, 0.6) is 0 Å². The Morgan fingerprint density at radius 2 is 1.64 bits per heavy atom. The van der Waals surface area contributed by atoms with Crippen LogP contribution in [0.25, 0.3) is 0 Å². The van der Waals surface area contributed by atoms with Gasteiger partial charge in [-0.3, -0.25) is 14.5 Å². The molecular weight excluding hydrogens is 314 g/mol. The van der Waals surface area contributed by atoms with E-state index < -0.39 is 0 Å². The van der Waals surface area contributed by atoms with Gasteiger partial charge in [-0.1, -0.05) is 17.7 Å². The molecule has 0 unspecified atom stereocenters. The summed E-state index contributed by atoms with van der Waals surface area (Å²) in [6, 6.07) is 7.78. The summed E-state index contributed by atoms with van der Waals surface area (Å²) in [6.45, 7) is 7.43. The normalized spacial score (nSPS) is 19.6. The van der Waals surface area contributed by atoms with Crippen molar-refractivity contribution < 1.29 is 9.59 Å². The van der Waals surface area contributed by atoms with Gasteiger partial charge in [-0.05, 0) is 44.7 Å². The lowest BCUT2D eigenvalue weighted by molar-refractivity contribution is -0.133. The van der Waals surface area contributed by atoms with Crippen LogP contribution in [0.4, 0.5) is 0 Å². The zero-order valence-corrected chi connectivity index (χ0v) is 15.2.